The van der Waals surface area contributed by atoms with Crippen molar-refractivity contribution in [1.29, 1.82) is 0 Å². The molecule has 0 bridgehead atoms. The van der Waals surface area contributed by atoms with Crippen LogP contribution in [-0.2, 0) is 0 Å². The highest BCUT2D eigenvalue weighted by molar-refractivity contribution is 5.18. The van der Waals surface area contributed by atoms with Crippen molar-refractivity contribution in [2.45, 2.75) is 105 Å². The molecule has 154 valence electrons. The number of fused-ring (bicyclic) bond motifs is 2. The van der Waals surface area contributed by atoms with Crippen LogP contribution < -0.4 is 0 Å². The molecule has 0 radical (unpaired) electrons. The number of aliphatic hydroxyl groups is 1. The SMILES string of the molecule is CC/C1=C/C[C@H]2[C@@H]([C@@H](C)CCC=C(C)C)CC[C@]2(C)C[C@H]2[C@@H]1CC[C@@]2(C)O. The van der Waals surface area contributed by atoms with Gasteiger partial charge in [-0.1, -0.05) is 44.1 Å². The second kappa shape index (κ2) is 8.05. The largest absolute Gasteiger partial charge is 0.390 e. The van der Waals surface area contributed by atoms with Gasteiger partial charge in [-0.25, -0.2) is 0 Å². The first-order valence-electron chi connectivity index (χ1n) is 11.7. The van der Waals surface area contributed by atoms with E-state index in [0.717, 1.165) is 24.2 Å². The molecule has 0 heterocycles. The summed E-state index contributed by atoms with van der Waals surface area (Å²) in [6, 6.07) is 0. The maximum atomic E-state index is 11.2. The van der Waals surface area contributed by atoms with Gasteiger partial charge in [-0.3, -0.25) is 0 Å². The number of hydrogen-bond acceptors (Lipinski definition) is 1. The predicted molar refractivity (Wildman–Crippen MR) is 117 cm³/mol. The van der Waals surface area contributed by atoms with Crippen molar-refractivity contribution in [3.8, 4) is 0 Å². The summed E-state index contributed by atoms with van der Waals surface area (Å²) in [6.45, 7) is 14.0. The molecule has 0 aromatic heterocycles. The Morgan fingerprint density at radius 1 is 1.22 bits per heavy atom. The van der Waals surface area contributed by atoms with Gasteiger partial charge in [-0.15, -0.1) is 0 Å². The van der Waals surface area contributed by atoms with E-state index in [1.54, 1.807) is 5.57 Å². The van der Waals surface area contributed by atoms with E-state index in [1.165, 1.54) is 56.9 Å². The monoisotopic (exact) mass is 372 g/mol. The second-order valence-electron chi connectivity index (χ2n) is 11.0. The Morgan fingerprint density at radius 2 is 1.96 bits per heavy atom. The lowest BCUT2D eigenvalue weighted by molar-refractivity contribution is -0.0186. The van der Waals surface area contributed by atoms with E-state index in [2.05, 4.69) is 53.7 Å². The molecule has 0 aliphatic heterocycles. The predicted octanol–water partition coefficient (Wildman–Crippen LogP) is 7.31. The highest BCUT2D eigenvalue weighted by atomic mass is 16.3. The third kappa shape index (κ3) is 4.24. The highest BCUT2D eigenvalue weighted by Crippen LogP contribution is 2.60. The van der Waals surface area contributed by atoms with Crippen LogP contribution in [0.1, 0.15) is 99.3 Å². The summed E-state index contributed by atoms with van der Waals surface area (Å²) in [4.78, 5) is 0. The van der Waals surface area contributed by atoms with Gasteiger partial charge in [-0.2, -0.15) is 0 Å². The van der Waals surface area contributed by atoms with Gasteiger partial charge in [0.15, 0.2) is 0 Å². The van der Waals surface area contributed by atoms with Gasteiger partial charge < -0.3 is 5.11 Å². The molecular formula is C26H44O. The molecule has 7 atom stereocenters. The summed E-state index contributed by atoms with van der Waals surface area (Å²) >= 11 is 0. The fraction of sp³-hybridized carbons (Fsp3) is 0.846. The molecule has 3 rings (SSSR count). The molecular weight excluding hydrogens is 328 g/mol. The molecule has 0 unspecified atom stereocenters. The zero-order valence-corrected chi connectivity index (χ0v) is 18.9. The third-order valence-corrected chi connectivity index (χ3v) is 8.82. The van der Waals surface area contributed by atoms with E-state index >= 15 is 0 Å². The van der Waals surface area contributed by atoms with Crippen LogP contribution in [0.4, 0.5) is 0 Å². The fourth-order valence-electron chi connectivity index (χ4n) is 7.05. The molecule has 3 aliphatic carbocycles. The van der Waals surface area contributed by atoms with Crippen molar-refractivity contribution in [1.82, 2.24) is 0 Å². The maximum Gasteiger partial charge on any atom is 0.0653 e. The van der Waals surface area contributed by atoms with Gasteiger partial charge in [0.05, 0.1) is 5.60 Å². The van der Waals surface area contributed by atoms with Crippen LogP contribution in [0, 0.1) is 35.0 Å². The highest BCUT2D eigenvalue weighted by Gasteiger charge is 2.53. The zero-order chi connectivity index (χ0) is 19.8. The van der Waals surface area contributed by atoms with Crippen LogP contribution in [0.25, 0.3) is 0 Å². The summed E-state index contributed by atoms with van der Waals surface area (Å²) in [6.07, 6.45) is 16.2. The lowest BCUT2D eigenvalue weighted by Gasteiger charge is -2.44. The van der Waals surface area contributed by atoms with Crippen LogP contribution in [0.15, 0.2) is 23.3 Å². The second-order valence-corrected chi connectivity index (χ2v) is 11.0. The Hall–Kier alpha value is -0.560. The topological polar surface area (TPSA) is 20.2 Å². The molecule has 1 heteroatoms. The van der Waals surface area contributed by atoms with E-state index < -0.39 is 5.60 Å². The van der Waals surface area contributed by atoms with Crippen LogP contribution in [0.2, 0.25) is 0 Å². The van der Waals surface area contributed by atoms with Crippen molar-refractivity contribution in [3.63, 3.8) is 0 Å². The smallest absolute Gasteiger partial charge is 0.0653 e. The first kappa shape index (κ1) is 21.2. The normalized spacial score (nSPS) is 44.5. The fourth-order valence-corrected chi connectivity index (χ4v) is 7.05. The van der Waals surface area contributed by atoms with E-state index in [0.29, 0.717) is 17.3 Å². The van der Waals surface area contributed by atoms with Crippen LogP contribution in [0.3, 0.4) is 0 Å². The molecule has 0 aromatic rings. The Balaban J connectivity index is 1.82. The summed E-state index contributed by atoms with van der Waals surface area (Å²) < 4.78 is 0. The summed E-state index contributed by atoms with van der Waals surface area (Å²) in [5.74, 6) is 3.58. The van der Waals surface area contributed by atoms with Gasteiger partial charge in [0.1, 0.15) is 0 Å². The lowest BCUT2D eigenvalue weighted by atomic mass is 9.62. The summed E-state index contributed by atoms with van der Waals surface area (Å²) in [7, 11) is 0. The lowest BCUT2D eigenvalue weighted by Crippen LogP contribution is -2.40. The summed E-state index contributed by atoms with van der Waals surface area (Å²) in [5.41, 5.74) is 3.07. The molecule has 27 heavy (non-hydrogen) atoms. The Kier molecular flexibility index (Phi) is 6.31. The Bertz CT molecular complexity index is 579. The molecule has 0 spiro atoms. The first-order valence-corrected chi connectivity index (χ1v) is 11.7. The molecule has 0 amide bonds. The Morgan fingerprint density at radius 3 is 2.63 bits per heavy atom. The Labute approximate surface area is 168 Å². The van der Waals surface area contributed by atoms with E-state index in [9.17, 15) is 5.11 Å². The summed E-state index contributed by atoms with van der Waals surface area (Å²) in [5, 5.41) is 11.2. The molecule has 0 saturated heterocycles. The molecule has 2 saturated carbocycles. The van der Waals surface area contributed by atoms with Gasteiger partial charge in [0.25, 0.3) is 0 Å². The zero-order valence-electron chi connectivity index (χ0n) is 18.9. The van der Waals surface area contributed by atoms with Gasteiger partial charge in [-0.05, 0) is 114 Å². The van der Waals surface area contributed by atoms with Gasteiger partial charge >= 0.3 is 0 Å². The molecule has 1 nitrogen and oxygen atoms in total. The van der Waals surface area contributed by atoms with Crippen LogP contribution >= 0.6 is 0 Å². The standard InChI is InChI=1S/C26H44O/c1-7-20-11-12-23-21(19(4)10-8-9-18(2)3)13-15-25(23,5)17-24-22(20)14-16-26(24,6)27/h9,11,19,21-24,27H,7-8,10,12-17H2,1-6H3/b20-11-/t19-,21+,22+,23-,24-,25+,26+/m0/s1. The van der Waals surface area contributed by atoms with E-state index in [-0.39, 0.29) is 0 Å². The van der Waals surface area contributed by atoms with Crippen LogP contribution in [0.5, 0.6) is 0 Å². The quantitative estimate of drug-likeness (QED) is 0.502. The average molecular weight is 373 g/mol. The van der Waals surface area contributed by atoms with Crippen molar-refractivity contribution in [3.05, 3.63) is 23.3 Å². The number of allylic oxidation sites excluding steroid dienone is 4. The van der Waals surface area contributed by atoms with Crippen molar-refractivity contribution < 1.29 is 5.11 Å². The van der Waals surface area contributed by atoms with Gasteiger partial charge in [0.2, 0.25) is 0 Å². The molecule has 0 aromatic carbocycles. The minimum atomic E-state index is -0.461. The van der Waals surface area contributed by atoms with E-state index in [1.807, 2.05) is 0 Å². The molecule has 2 fully saturated rings. The minimum Gasteiger partial charge on any atom is -0.390 e. The third-order valence-electron chi connectivity index (χ3n) is 8.82. The minimum absolute atomic E-state index is 0.419. The molecule has 1 N–H and O–H groups in total. The van der Waals surface area contributed by atoms with Crippen molar-refractivity contribution in [2.75, 3.05) is 0 Å². The maximum absolute atomic E-state index is 11.2. The average Bonchev–Trinajstić information content (AvgIpc) is 3.04. The number of rotatable bonds is 5. The van der Waals surface area contributed by atoms with E-state index in [4.69, 9.17) is 0 Å². The first-order chi connectivity index (χ1) is 12.7. The van der Waals surface area contributed by atoms with Gasteiger partial charge in [0, 0.05) is 0 Å². The molecule has 3 aliphatic rings. The number of hydrogen-bond donors (Lipinski definition) is 1. The van der Waals surface area contributed by atoms with Crippen molar-refractivity contribution in [2.24, 2.45) is 35.0 Å². The van der Waals surface area contributed by atoms with Crippen molar-refractivity contribution >= 4 is 0 Å². The van der Waals surface area contributed by atoms with Crippen LogP contribution in [-0.4, -0.2) is 10.7 Å².